The molecule has 1 aliphatic heterocycles. The number of nitrogens with zero attached hydrogens (tertiary/aromatic N) is 1. The molecular weight excluding hydrogens is 324 g/mol. The van der Waals surface area contributed by atoms with E-state index in [0.29, 0.717) is 30.3 Å². The summed E-state index contributed by atoms with van der Waals surface area (Å²) in [6.45, 7) is 4.76. The molecule has 2 rings (SSSR count). The third-order valence-corrected chi connectivity index (χ3v) is 7.39. The van der Waals surface area contributed by atoms with Crippen LogP contribution in [0.2, 0.25) is 0 Å². The van der Waals surface area contributed by atoms with Gasteiger partial charge in [-0.15, -0.1) is 11.3 Å². The summed E-state index contributed by atoms with van der Waals surface area (Å²) in [6, 6.07) is 3.42. The number of sulfonamides is 1. The molecule has 1 aromatic heterocycles. The van der Waals surface area contributed by atoms with Crippen molar-refractivity contribution in [1.82, 2.24) is 9.62 Å². The van der Waals surface area contributed by atoms with E-state index in [4.69, 9.17) is 0 Å². The molecule has 2 atom stereocenters. The summed E-state index contributed by atoms with van der Waals surface area (Å²) in [7, 11) is -3.48. The molecule has 124 valence electrons. The SMILES string of the molecule is CC(=O)NCCc1ccc(S(=O)(=O)N2C[C@@H](CO)[C@H](C)C2)s1. The second kappa shape index (κ2) is 7.08. The zero-order valence-electron chi connectivity index (χ0n) is 12.8. The van der Waals surface area contributed by atoms with Crippen molar-refractivity contribution in [1.29, 1.82) is 0 Å². The Morgan fingerprint density at radius 2 is 2.18 bits per heavy atom. The maximum Gasteiger partial charge on any atom is 0.252 e. The Morgan fingerprint density at radius 1 is 1.45 bits per heavy atom. The fourth-order valence-electron chi connectivity index (χ4n) is 2.54. The molecule has 1 amide bonds. The Bertz CT molecular complexity index is 627. The van der Waals surface area contributed by atoms with Crippen molar-refractivity contribution in [3.8, 4) is 0 Å². The number of aliphatic hydroxyl groups is 1. The molecule has 0 aliphatic carbocycles. The average molecular weight is 346 g/mol. The quantitative estimate of drug-likeness (QED) is 0.793. The zero-order valence-corrected chi connectivity index (χ0v) is 14.4. The van der Waals surface area contributed by atoms with Crippen molar-refractivity contribution < 1.29 is 18.3 Å². The van der Waals surface area contributed by atoms with E-state index in [9.17, 15) is 18.3 Å². The summed E-state index contributed by atoms with van der Waals surface area (Å²) >= 11 is 1.24. The fraction of sp³-hybridized carbons (Fsp3) is 0.643. The topological polar surface area (TPSA) is 86.7 Å². The number of hydrogen-bond donors (Lipinski definition) is 2. The molecular formula is C14H22N2O4S2. The van der Waals surface area contributed by atoms with E-state index in [-0.39, 0.29) is 24.3 Å². The standard InChI is InChI=1S/C14H22N2O4S2/c1-10-7-16(8-12(10)9-17)22(19,20)14-4-3-13(21-14)5-6-15-11(2)18/h3-4,10,12,17H,5-9H2,1-2H3,(H,15,18)/t10-,12+/m1/s1. The van der Waals surface area contributed by atoms with Gasteiger partial charge in [-0.1, -0.05) is 6.92 Å². The van der Waals surface area contributed by atoms with Crippen LogP contribution in [0, 0.1) is 11.8 Å². The fourth-order valence-corrected chi connectivity index (χ4v) is 5.65. The van der Waals surface area contributed by atoms with Crippen LogP contribution in [0.5, 0.6) is 0 Å². The van der Waals surface area contributed by atoms with E-state index in [1.165, 1.54) is 22.6 Å². The summed E-state index contributed by atoms with van der Waals surface area (Å²) < 4.78 is 27.0. The van der Waals surface area contributed by atoms with Crippen molar-refractivity contribution in [2.45, 2.75) is 24.5 Å². The highest BCUT2D eigenvalue weighted by atomic mass is 32.2. The van der Waals surface area contributed by atoms with Crippen LogP contribution in [0.15, 0.2) is 16.3 Å². The van der Waals surface area contributed by atoms with Gasteiger partial charge in [-0.05, 0) is 30.4 Å². The molecule has 22 heavy (non-hydrogen) atoms. The van der Waals surface area contributed by atoms with Gasteiger partial charge >= 0.3 is 0 Å². The lowest BCUT2D eigenvalue weighted by molar-refractivity contribution is -0.118. The Hall–Kier alpha value is -0.960. The van der Waals surface area contributed by atoms with Gasteiger partial charge in [0.2, 0.25) is 5.91 Å². The monoisotopic (exact) mass is 346 g/mol. The normalized spacial score (nSPS) is 22.9. The van der Waals surface area contributed by atoms with Crippen LogP contribution in [-0.2, 0) is 21.2 Å². The van der Waals surface area contributed by atoms with Crippen molar-refractivity contribution in [3.63, 3.8) is 0 Å². The summed E-state index contributed by atoms with van der Waals surface area (Å²) in [4.78, 5) is 11.8. The van der Waals surface area contributed by atoms with Crippen LogP contribution in [0.1, 0.15) is 18.7 Å². The number of thiophene rings is 1. The van der Waals surface area contributed by atoms with E-state index in [1.54, 1.807) is 12.1 Å². The van der Waals surface area contributed by atoms with Crippen LogP contribution < -0.4 is 5.32 Å². The van der Waals surface area contributed by atoms with Crippen LogP contribution in [0.25, 0.3) is 0 Å². The molecule has 0 saturated carbocycles. The van der Waals surface area contributed by atoms with Crippen LogP contribution in [0.3, 0.4) is 0 Å². The molecule has 0 unspecified atom stereocenters. The molecule has 0 spiro atoms. The maximum atomic E-state index is 12.6. The lowest BCUT2D eigenvalue weighted by atomic mass is 10.00. The largest absolute Gasteiger partial charge is 0.396 e. The highest BCUT2D eigenvalue weighted by Crippen LogP contribution is 2.31. The van der Waals surface area contributed by atoms with Crippen molar-refractivity contribution in [2.24, 2.45) is 11.8 Å². The predicted molar refractivity (Wildman–Crippen MR) is 85.2 cm³/mol. The van der Waals surface area contributed by atoms with Crippen molar-refractivity contribution in [2.75, 3.05) is 26.2 Å². The molecule has 2 N–H and O–H groups in total. The molecule has 1 aliphatic rings. The van der Waals surface area contributed by atoms with E-state index < -0.39 is 10.0 Å². The summed E-state index contributed by atoms with van der Waals surface area (Å²) in [5, 5.41) is 12.0. The second-order valence-corrected chi connectivity index (χ2v) is 9.03. The van der Waals surface area contributed by atoms with Gasteiger partial charge in [0.15, 0.2) is 0 Å². The lowest BCUT2D eigenvalue weighted by Crippen LogP contribution is -2.28. The Labute approximate surface area is 135 Å². The number of carbonyl (C=O) groups is 1. The molecule has 1 fully saturated rings. The van der Waals surface area contributed by atoms with Gasteiger partial charge in [0.1, 0.15) is 4.21 Å². The first kappa shape index (κ1) is 17.4. The van der Waals surface area contributed by atoms with Gasteiger partial charge in [-0.3, -0.25) is 4.79 Å². The molecule has 1 saturated heterocycles. The van der Waals surface area contributed by atoms with Gasteiger partial charge < -0.3 is 10.4 Å². The first-order valence-electron chi connectivity index (χ1n) is 7.28. The van der Waals surface area contributed by atoms with Crippen molar-refractivity contribution >= 4 is 27.3 Å². The van der Waals surface area contributed by atoms with E-state index >= 15 is 0 Å². The highest BCUT2D eigenvalue weighted by molar-refractivity contribution is 7.91. The number of hydrogen-bond acceptors (Lipinski definition) is 5. The Balaban J connectivity index is 2.04. The molecule has 2 heterocycles. The predicted octanol–water partition coefficient (Wildman–Crippen LogP) is 0.676. The lowest BCUT2D eigenvalue weighted by Gasteiger charge is -2.14. The summed E-state index contributed by atoms with van der Waals surface area (Å²) in [6.07, 6.45) is 0.620. The number of nitrogens with one attached hydrogen (secondary N) is 1. The van der Waals surface area contributed by atoms with E-state index in [1.807, 2.05) is 6.92 Å². The number of amides is 1. The van der Waals surface area contributed by atoms with E-state index in [2.05, 4.69) is 5.32 Å². The van der Waals surface area contributed by atoms with Crippen molar-refractivity contribution in [3.05, 3.63) is 17.0 Å². The number of aliphatic hydroxyl groups excluding tert-OH is 1. The highest BCUT2D eigenvalue weighted by Gasteiger charge is 2.37. The van der Waals surface area contributed by atoms with Gasteiger partial charge in [-0.2, -0.15) is 4.31 Å². The molecule has 0 radical (unpaired) electrons. The molecule has 0 aromatic carbocycles. The zero-order chi connectivity index (χ0) is 16.3. The number of carbonyl (C=O) groups excluding carboxylic acids is 1. The minimum absolute atomic E-state index is 0.00831. The average Bonchev–Trinajstić information content (AvgIpc) is 3.05. The van der Waals surface area contributed by atoms with Gasteiger partial charge in [0.05, 0.1) is 0 Å². The minimum Gasteiger partial charge on any atom is -0.396 e. The molecule has 6 nitrogen and oxygen atoms in total. The molecule has 0 bridgehead atoms. The minimum atomic E-state index is -3.48. The molecule has 1 aromatic rings. The first-order chi connectivity index (χ1) is 10.3. The Kier molecular flexibility index (Phi) is 5.60. The van der Waals surface area contributed by atoms with E-state index in [0.717, 1.165) is 4.88 Å². The number of rotatable bonds is 6. The summed E-state index contributed by atoms with van der Waals surface area (Å²) in [5.74, 6) is 0.0819. The van der Waals surface area contributed by atoms with Gasteiger partial charge in [-0.25, -0.2) is 8.42 Å². The maximum absolute atomic E-state index is 12.6. The second-order valence-electron chi connectivity index (χ2n) is 5.70. The third-order valence-electron chi connectivity index (χ3n) is 3.95. The Morgan fingerprint density at radius 3 is 2.77 bits per heavy atom. The van der Waals surface area contributed by atoms with Crippen LogP contribution >= 0.6 is 11.3 Å². The summed E-state index contributed by atoms with van der Waals surface area (Å²) in [5.41, 5.74) is 0. The smallest absolute Gasteiger partial charge is 0.252 e. The van der Waals surface area contributed by atoms with Gasteiger partial charge in [0.25, 0.3) is 10.0 Å². The van der Waals surface area contributed by atoms with Crippen LogP contribution in [-0.4, -0.2) is 50.0 Å². The van der Waals surface area contributed by atoms with Gasteiger partial charge in [0, 0.05) is 38.0 Å². The van der Waals surface area contributed by atoms with Crippen LogP contribution in [0.4, 0.5) is 0 Å². The first-order valence-corrected chi connectivity index (χ1v) is 9.54. The molecule has 8 heteroatoms. The third kappa shape index (κ3) is 3.87.